The summed E-state index contributed by atoms with van der Waals surface area (Å²) in [5, 5.41) is 4.89. The van der Waals surface area contributed by atoms with Gasteiger partial charge in [0.2, 0.25) is 0 Å². The van der Waals surface area contributed by atoms with Gasteiger partial charge in [-0.25, -0.2) is 0 Å². The lowest BCUT2D eigenvalue weighted by molar-refractivity contribution is 1.29. The molecule has 6 aromatic carbocycles. The van der Waals surface area contributed by atoms with E-state index in [2.05, 4.69) is 155 Å². The van der Waals surface area contributed by atoms with Crippen LogP contribution in [0, 0.1) is 0 Å². The fourth-order valence-electron chi connectivity index (χ4n) is 5.91. The van der Waals surface area contributed by atoms with Gasteiger partial charge in [0.1, 0.15) is 0 Å². The third kappa shape index (κ3) is 4.32. The maximum absolute atomic E-state index is 4.44. The van der Waals surface area contributed by atoms with Crippen LogP contribution in [0.4, 0.5) is 17.1 Å². The zero-order valence-electron chi connectivity index (χ0n) is 22.8. The largest absolute Gasteiger partial charge is 0.310 e. The Bertz CT molecular complexity index is 2180. The van der Waals surface area contributed by atoms with Gasteiger partial charge in [0.15, 0.2) is 0 Å². The molecule has 0 N–H and O–H groups in total. The van der Waals surface area contributed by atoms with Crippen LogP contribution in [-0.4, -0.2) is 4.98 Å². The molecule has 0 saturated heterocycles. The van der Waals surface area contributed by atoms with E-state index in [1.165, 1.54) is 53.2 Å². The van der Waals surface area contributed by atoms with Crippen molar-refractivity contribution in [3.05, 3.63) is 158 Å². The maximum Gasteiger partial charge on any atom is 0.0474 e. The Labute approximate surface area is 248 Å². The summed E-state index contributed by atoms with van der Waals surface area (Å²) in [5.74, 6) is 0. The number of hydrogen-bond donors (Lipinski definition) is 0. The molecule has 0 saturated carbocycles. The lowest BCUT2D eigenvalue weighted by atomic mass is 9.96. The van der Waals surface area contributed by atoms with E-state index in [1.807, 2.05) is 23.7 Å². The molecule has 42 heavy (non-hydrogen) atoms. The van der Waals surface area contributed by atoms with Crippen molar-refractivity contribution >= 4 is 59.3 Å². The molecule has 0 aliphatic heterocycles. The normalized spacial score (nSPS) is 11.3. The highest BCUT2D eigenvalue weighted by Crippen LogP contribution is 2.43. The first-order valence-corrected chi connectivity index (χ1v) is 14.9. The number of aromatic nitrogens is 1. The molecule has 0 aliphatic rings. The van der Waals surface area contributed by atoms with E-state index in [1.54, 1.807) is 0 Å². The third-order valence-corrected chi connectivity index (χ3v) is 9.09. The number of pyridine rings is 1. The lowest BCUT2D eigenvalue weighted by Crippen LogP contribution is -2.10. The van der Waals surface area contributed by atoms with Gasteiger partial charge >= 0.3 is 0 Å². The van der Waals surface area contributed by atoms with Gasteiger partial charge in [-0.2, -0.15) is 0 Å². The molecule has 2 nitrogen and oxygen atoms in total. The smallest absolute Gasteiger partial charge is 0.0474 e. The molecular formula is C39H26N2S. The van der Waals surface area contributed by atoms with Crippen LogP contribution >= 0.6 is 11.3 Å². The number of rotatable bonds is 5. The second kappa shape index (κ2) is 10.3. The minimum atomic E-state index is 1.11. The molecule has 8 rings (SSSR count). The standard InChI is InChI=1S/C39H26N2S/c1-3-9-27(10-4-1)28-15-17-31(18-16-28)41(32-19-20-38-36(24-32)37-26-40-22-21-39(37)42-38)33-23-30-13-7-8-14-34(30)35(25-33)29-11-5-2-6-12-29/h1-26H. The minimum Gasteiger partial charge on any atom is -0.310 e. The van der Waals surface area contributed by atoms with E-state index >= 15 is 0 Å². The van der Waals surface area contributed by atoms with Gasteiger partial charge in [0.05, 0.1) is 0 Å². The molecule has 0 aliphatic carbocycles. The Kier molecular flexibility index (Phi) is 6.02. The van der Waals surface area contributed by atoms with Gasteiger partial charge in [-0.1, -0.05) is 97.1 Å². The molecule has 2 heterocycles. The Morgan fingerprint density at radius 3 is 1.93 bits per heavy atom. The van der Waals surface area contributed by atoms with Crippen LogP contribution < -0.4 is 4.90 Å². The summed E-state index contributed by atoms with van der Waals surface area (Å²) >= 11 is 1.82. The Morgan fingerprint density at radius 1 is 0.452 bits per heavy atom. The van der Waals surface area contributed by atoms with E-state index < -0.39 is 0 Å². The van der Waals surface area contributed by atoms with Crippen LogP contribution in [0.3, 0.4) is 0 Å². The lowest BCUT2D eigenvalue weighted by Gasteiger charge is -2.27. The number of thiophene rings is 1. The number of anilines is 3. The summed E-state index contributed by atoms with van der Waals surface area (Å²) in [6, 6.07) is 52.4. The third-order valence-electron chi connectivity index (χ3n) is 7.93. The highest BCUT2D eigenvalue weighted by molar-refractivity contribution is 7.25. The molecule has 3 heteroatoms. The molecular weight excluding hydrogens is 529 g/mol. The fourth-order valence-corrected chi connectivity index (χ4v) is 6.96. The van der Waals surface area contributed by atoms with Crippen molar-refractivity contribution in [1.82, 2.24) is 4.98 Å². The highest BCUT2D eigenvalue weighted by atomic mass is 32.1. The summed E-state index contributed by atoms with van der Waals surface area (Å²) in [5.41, 5.74) is 8.20. The van der Waals surface area contributed by atoms with Gasteiger partial charge in [-0.15, -0.1) is 11.3 Å². The molecule has 0 unspecified atom stereocenters. The van der Waals surface area contributed by atoms with Crippen molar-refractivity contribution in [2.24, 2.45) is 0 Å². The topological polar surface area (TPSA) is 16.1 Å². The van der Waals surface area contributed by atoms with Gasteiger partial charge in [-0.05, 0) is 81.6 Å². The summed E-state index contributed by atoms with van der Waals surface area (Å²) in [7, 11) is 0. The molecule has 2 aromatic heterocycles. The quantitative estimate of drug-likeness (QED) is 0.210. The second-order valence-corrected chi connectivity index (χ2v) is 11.6. The Hall–Kier alpha value is -5.25. The zero-order valence-corrected chi connectivity index (χ0v) is 23.6. The number of nitrogens with zero attached hydrogens (tertiary/aromatic N) is 2. The molecule has 8 aromatic rings. The van der Waals surface area contributed by atoms with E-state index in [-0.39, 0.29) is 0 Å². The summed E-state index contributed by atoms with van der Waals surface area (Å²) in [6.45, 7) is 0. The SMILES string of the molecule is c1ccc(-c2ccc(N(c3cc(-c4ccccc4)c4ccccc4c3)c3ccc4sc5ccncc5c4c3)cc2)cc1. The first kappa shape index (κ1) is 24.5. The summed E-state index contributed by atoms with van der Waals surface area (Å²) < 4.78 is 2.53. The van der Waals surface area contributed by atoms with Gasteiger partial charge in [0.25, 0.3) is 0 Å². The molecule has 0 bridgehead atoms. The molecule has 0 fully saturated rings. The average Bonchev–Trinajstić information content (AvgIpc) is 3.44. The zero-order chi connectivity index (χ0) is 27.9. The van der Waals surface area contributed by atoms with Crippen LogP contribution in [0.25, 0.3) is 53.2 Å². The van der Waals surface area contributed by atoms with E-state index in [0.29, 0.717) is 0 Å². The number of fused-ring (bicyclic) bond motifs is 4. The second-order valence-electron chi connectivity index (χ2n) is 10.5. The average molecular weight is 555 g/mol. The molecule has 0 radical (unpaired) electrons. The summed E-state index contributed by atoms with van der Waals surface area (Å²) in [6.07, 6.45) is 3.86. The van der Waals surface area contributed by atoms with Crippen molar-refractivity contribution in [3.63, 3.8) is 0 Å². The Morgan fingerprint density at radius 2 is 1.12 bits per heavy atom. The first-order chi connectivity index (χ1) is 20.8. The predicted octanol–water partition coefficient (Wildman–Crippen LogP) is 11.4. The van der Waals surface area contributed by atoms with E-state index in [4.69, 9.17) is 0 Å². The van der Waals surface area contributed by atoms with Gasteiger partial charge < -0.3 is 4.90 Å². The predicted molar refractivity (Wildman–Crippen MR) is 180 cm³/mol. The van der Waals surface area contributed by atoms with Crippen molar-refractivity contribution in [2.45, 2.75) is 0 Å². The van der Waals surface area contributed by atoms with Crippen molar-refractivity contribution < 1.29 is 0 Å². The monoisotopic (exact) mass is 554 g/mol. The molecule has 0 atom stereocenters. The molecule has 198 valence electrons. The van der Waals surface area contributed by atoms with Crippen LogP contribution in [-0.2, 0) is 0 Å². The van der Waals surface area contributed by atoms with E-state index in [9.17, 15) is 0 Å². The van der Waals surface area contributed by atoms with Crippen LogP contribution in [0.5, 0.6) is 0 Å². The molecule has 0 amide bonds. The number of benzene rings is 6. The van der Waals surface area contributed by atoms with Gasteiger partial charge in [-0.3, -0.25) is 4.98 Å². The minimum absolute atomic E-state index is 1.11. The van der Waals surface area contributed by atoms with Crippen LogP contribution in [0.2, 0.25) is 0 Å². The van der Waals surface area contributed by atoms with Crippen LogP contribution in [0.1, 0.15) is 0 Å². The maximum atomic E-state index is 4.44. The van der Waals surface area contributed by atoms with E-state index in [0.717, 1.165) is 17.1 Å². The van der Waals surface area contributed by atoms with Crippen LogP contribution in [0.15, 0.2) is 158 Å². The number of hydrogen-bond acceptors (Lipinski definition) is 3. The molecule has 0 spiro atoms. The van der Waals surface area contributed by atoms with Gasteiger partial charge in [0, 0.05) is 49.6 Å². The van der Waals surface area contributed by atoms with Crippen molar-refractivity contribution in [3.8, 4) is 22.3 Å². The fraction of sp³-hybridized carbons (Fsp3) is 0. The Balaban J connectivity index is 1.36. The highest BCUT2D eigenvalue weighted by Gasteiger charge is 2.17. The summed E-state index contributed by atoms with van der Waals surface area (Å²) in [4.78, 5) is 6.82. The first-order valence-electron chi connectivity index (χ1n) is 14.1. The van der Waals surface area contributed by atoms with Crippen molar-refractivity contribution in [2.75, 3.05) is 4.90 Å². The van der Waals surface area contributed by atoms with Crippen molar-refractivity contribution in [1.29, 1.82) is 0 Å².